The average molecular weight is 285 g/mol. The Labute approximate surface area is 120 Å². The fourth-order valence-electron chi connectivity index (χ4n) is 2.67. The lowest BCUT2D eigenvalue weighted by Gasteiger charge is -2.27. The van der Waals surface area contributed by atoms with Crippen LogP contribution in [0, 0.1) is 0 Å². The molecule has 0 radical (unpaired) electrons. The number of hydrogen-bond acceptors (Lipinski definition) is 4. The zero-order valence-electron chi connectivity index (χ0n) is 11.5. The zero-order valence-corrected chi connectivity index (χ0v) is 11.5. The number of nitrogens with zero attached hydrogens (tertiary/aromatic N) is 4. The first-order chi connectivity index (χ1) is 10.2. The topological polar surface area (TPSA) is 83.9 Å². The summed E-state index contributed by atoms with van der Waals surface area (Å²) in [6.45, 7) is 1.86. The van der Waals surface area contributed by atoms with Crippen LogP contribution in [-0.2, 0) is 13.1 Å². The van der Waals surface area contributed by atoms with Crippen LogP contribution in [0.5, 0.6) is 0 Å². The van der Waals surface area contributed by atoms with Crippen molar-refractivity contribution in [2.75, 3.05) is 6.54 Å². The fraction of sp³-hybridized carbons (Fsp3) is 0.429. The van der Waals surface area contributed by atoms with Gasteiger partial charge in [0.15, 0.2) is 0 Å². The maximum atomic E-state index is 12.4. The summed E-state index contributed by atoms with van der Waals surface area (Å²) in [7, 11) is 0. The quantitative estimate of drug-likeness (QED) is 0.871. The normalized spacial score (nSPS) is 17.6. The van der Waals surface area contributed by atoms with E-state index in [1.54, 1.807) is 4.90 Å². The summed E-state index contributed by atoms with van der Waals surface area (Å²) in [4.78, 5) is 25.1. The van der Waals surface area contributed by atoms with Gasteiger partial charge in [-0.2, -0.15) is 10.2 Å². The van der Waals surface area contributed by atoms with Crippen LogP contribution >= 0.6 is 0 Å². The molecule has 7 nitrogen and oxygen atoms in total. The Bertz CT molecular complexity index is 738. The lowest BCUT2D eigenvalue weighted by atomic mass is 10.2. The molecule has 1 amide bonds. The third-order valence-corrected chi connectivity index (χ3v) is 4.00. The Morgan fingerprint density at radius 2 is 2.14 bits per heavy atom. The van der Waals surface area contributed by atoms with E-state index >= 15 is 0 Å². The third-order valence-electron chi connectivity index (χ3n) is 4.00. The Kier molecular flexibility index (Phi) is 2.66. The molecule has 2 aliphatic rings. The molecule has 1 aliphatic carbocycles. The number of nitrogens with one attached hydrogen (secondary N) is 1. The molecule has 0 saturated heterocycles. The van der Waals surface area contributed by atoms with Crippen LogP contribution < -0.4 is 5.56 Å². The number of amides is 1. The Balaban J connectivity index is 1.55. The third kappa shape index (κ3) is 2.24. The number of aromatic nitrogens is 4. The molecule has 2 aromatic heterocycles. The minimum atomic E-state index is -0.308. The van der Waals surface area contributed by atoms with E-state index in [9.17, 15) is 9.59 Å². The fourth-order valence-corrected chi connectivity index (χ4v) is 2.67. The van der Waals surface area contributed by atoms with E-state index in [1.165, 1.54) is 25.0 Å². The number of H-pyrrole nitrogens is 1. The smallest absolute Gasteiger partial charge is 0.274 e. The second-order valence-corrected chi connectivity index (χ2v) is 5.59. The van der Waals surface area contributed by atoms with Crippen LogP contribution in [0.4, 0.5) is 0 Å². The molecule has 2 aromatic rings. The molecule has 4 rings (SSSR count). The number of fused-ring (bicyclic) bond motifs is 1. The van der Waals surface area contributed by atoms with E-state index in [-0.39, 0.29) is 17.2 Å². The second-order valence-electron chi connectivity index (χ2n) is 5.59. The molecular formula is C14H15N5O2. The molecule has 7 heteroatoms. The maximum absolute atomic E-state index is 12.4. The van der Waals surface area contributed by atoms with Crippen molar-refractivity contribution in [3.8, 4) is 0 Å². The van der Waals surface area contributed by atoms with Crippen molar-refractivity contribution in [2.45, 2.75) is 31.8 Å². The zero-order chi connectivity index (χ0) is 14.4. The molecule has 1 fully saturated rings. The predicted molar refractivity (Wildman–Crippen MR) is 73.8 cm³/mol. The van der Waals surface area contributed by atoms with Crippen LogP contribution in [0.25, 0.3) is 0 Å². The van der Waals surface area contributed by atoms with Gasteiger partial charge in [0.1, 0.15) is 5.69 Å². The highest BCUT2D eigenvalue weighted by atomic mass is 16.2. The van der Waals surface area contributed by atoms with Crippen molar-refractivity contribution in [1.29, 1.82) is 0 Å². The van der Waals surface area contributed by atoms with Crippen molar-refractivity contribution < 1.29 is 4.79 Å². The molecule has 0 aromatic carbocycles. The monoisotopic (exact) mass is 285 g/mol. The van der Waals surface area contributed by atoms with Gasteiger partial charge in [-0.05, 0) is 25.0 Å². The molecule has 0 spiro atoms. The van der Waals surface area contributed by atoms with Gasteiger partial charge in [0.05, 0.1) is 24.5 Å². The van der Waals surface area contributed by atoms with E-state index < -0.39 is 0 Å². The Morgan fingerprint density at radius 3 is 2.86 bits per heavy atom. The molecule has 1 saturated carbocycles. The highest BCUT2D eigenvalue weighted by Gasteiger charge is 2.30. The SMILES string of the molecule is O=C(c1ccc(=O)[nH]n1)N1CCn2nc(C3CC3)cc2C1. The summed E-state index contributed by atoms with van der Waals surface area (Å²) in [5, 5.41) is 10.7. The van der Waals surface area contributed by atoms with E-state index in [0.29, 0.717) is 25.6 Å². The molecule has 3 heterocycles. The molecule has 0 atom stereocenters. The largest absolute Gasteiger partial charge is 0.330 e. The summed E-state index contributed by atoms with van der Waals surface area (Å²) in [6.07, 6.45) is 2.45. The van der Waals surface area contributed by atoms with E-state index in [2.05, 4.69) is 21.4 Å². The highest BCUT2D eigenvalue weighted by Crippen LogP contribution is 2.39. The van der Waals surface area contributed by atoms with Crippen molar-refractivity contribution in [2.24, 2.45) is 0 Å². The first-order valence-corrected chi connectivity index (χ1v) is 7.12. The lowest BCUT2D eigenvalue weighted by molar-refractivity contribution is 0.0698. The summed E-state index contributed by atoms with van der Waals surface area (Å²) >= 11 is 0. The van der Waals surface area contributed by atoms with Gasteiger partial charge in [-0.1, -0.05) is 0 Å². The van der Waals surface area contributed by atoms with Crippen molar-refractivity contribution in [1.82, 2.24) is 24.9 Å². The van der Waals surface area contributed by atoms with Crippen LogP contribution in [-0.4, -0.2) is 37.3 Å². The molecular weight excluding hydrogens is 270 g/mol. The minimum absolute atomic E-state index is 0.160. The van der Waals surface area contributed by atoms with Crippen LogP contribution in [0.3, 0.4) is 0 Å². The van der Waals surface area contributed by atoms with Gasteiger partial charge in [-0.15, -0.1) is 0 Å². The van der Waals surface area contributed by atoms with Gasteiger partial charge in [0.2, 0.25) is 0 Å². The van der Waals surface area contributed by atoms with Gasteiger partial charge in [0.25, 0.3) is 11.5 Å². The lowest BCUT2D eigenvalue weighted by Crippen LogP contribution is -2.39. The average Bonchev–Trinajstić information content (AvgIpc) is 3.26. The summed E-state index contributed by atoms with van der Waals surface area (Å²) in [6, 6.07) is 4.89. The number of hydrogen-bond donors (Lipinski definition) is 1. The van der Waals surface area contributed by atoms with Crippen LogP contribution in [0.1, 0.15) is 40.6 Å². The summed E-state index contributed by atoms with van der Waals surface area (Å²) < 4.78 is 2.00. The highest BCUT2D eigenvalue weighted by molar-refractivity contribution is 5.92. The van der Waals surface area contributed by atoms with Crippen molar-refractivity contribution in [3.63, 3.8) is 0 Å². The predicted octanol–water partition coefficient (Wildman–Crippen LogP) is 0.500. The standard InChI is InChI=1S/C14H15N5O2/c20-13-4-3-11(15-16-13)14(21)18-5-6-19-10(8-18)7-12(17-19)9-1-2-9/h3-4,7,9H,1-2,5-6,8H2,(H,16,20). The summed E-state index contributed by atoms with van der Waals surface area (Å²) in [5.41, 5.74) is 2.18. The number of carbonyl (C=O) groups is 1. The Morgan fingerprint density at radius 1 is 1.29 bits per heavy atom. The number of rotatable bonds is 2. The van der Waals surface area contributed by atoms with Gasteiger partial charge < -0.3 is 4.90 Å². The molecule has 21 heavy (non-hydrogen) atoms. The molecule has 1 aliphatic heterocycles. The van der Waals surface area contributed by atoms with Crippen LogP contribution in [0.15, 0.2) is 23.0 Å². The van der Waals surface area contributed by atoms with Gasteiger partial charge >= 0.3 is 0 Å². The molecule has 0 bridgehead atoms. The molecule has 0 unspecified atom stereocenters. The first-order valence-electron chi connectivity index (χ1n) is 7.12. The van der Waals surface area contributed by atoms with Crippen molar-refractivity contribution >= 4 is 5.91 Å². The van der Waals surface area contributed by atoms with E-state index in [0.717, 1.165) is 11.4 Å². The minimum Gasteiger partial charge on any atom is -0.330 e. The molecule has 108 valence electrons. The van der Waals surface area contributed by atoms with Gasteiger partial charge in [-0.3, -0.25) is 14.3 Å². The molecule has 1 N–H and O–H groups in total. The van der Waals surface area contributed by atoms with Crippen molar-refractivity contribution in [3.05, 3.63) is 45.6 Å². The number of carbonyl (C=O) groups excluding carboxylic acids is 1. The second kappa shape index (κ2) is 4.54. The first kappa shape index (κ1) is 12.3. The van der Waals surface area contributed by atoms with Crippen LogP contribution in [0.2, 0.25) is 0 Å². The maximum Gasteiger partial charge on any atom is 0.274 e. The van der Waals surface area contributed by atoms with Gasteiger partial charge in [0, 0.05) is 18.5 Å². The summed E-state index contributed by atoms with van der Waals surface area (Å²) in [5.74, 6) is 0.458. The number of aromatic amines is 1. The van der Waals surface area contributed by atoms with Gasteiger partial charge in [-0.25, -0.2) is 5.10 Å². The van der Waals surface area contributed by atoms with E-state index in [1.807, 2.05) is 4.68 Å². The van der Waals surface area contributed by atoms with E-state index in [4.69, 9.17) is 0 Å². The Hall–Kier alpha value is -2.44.